The summed E-state index contributed by atoms with van der Waals surface area (Å²) in [5, 5.41) is 0. The smallest absolute Gasteiger partial charge is 0.0240 e. The highest BCUT2D eigenvalue weighted by atomic mass is 14.5. The fourth-order valence-corrected chi connectivity index (χ4v) is 0.323. The molecule has 0 unspecified atom stereocenters. The summed E-state index contributed by atoms with van der Waals surface area (Å²) in [5.74, 6) is 0. The maximum Gasteiger partial charge on any atom is 0.0240 e. The zero-order chi connectivity index (χ0) is 7.28. The van der Waals surface area contributed by atoms with E-state index < -0.39 is 0 Å². The molecule has 0 radical (unpaired) electrons. The monoisotopic (exact) mass is 124 g/mol. The van der Waals surface area contributed by atoms with Gasteiger partial charge >= 0.3 is 0 Å². The molecule has 0 aliphatic rings. The van der Waals surface area contributed by atoms with Crippen LogP contribution in [0.5, 0.6) is 0 Å². The van der Waals surface area contributed by atoms with Gasteiger partial charge in [-0.1, -0.05) is 12.7 Å². The summed E-state index contributed by atoms with van der Waals surface area (Å²) < 4.78 is 0. The van der Waals surface area contributed by atoms with Gasteiger partial charge in [0.1, 0.15) is 0 Å². The molecule has 2 nitrogen and oxygen atoms in total. The van der Waals surface area contributed by atoms with Gasteiger partial charge in [-0.05, 0) is 19.1 Å². The number of hydrogen-bond acceptors (Lipinski definition) is 2. The van der Waals surface area contributed by atoms with E-state index in [1.807, 2.05) is 6.92 Å². The third-order valence-corrected chi connectivity index (χ3v) is 0.669. The molecule has 0 aromatic heterocycles. The third-order valence-electron chi connectivity index (χ3n) is 0.669. The average molecular weight is 124 g/mol. The summed E-state index contributed by atoms with van der Waals surface area (Å²) in [6.45, 7) is 5.28. The van der Waals surface area contributed by atoms with Crippen molar-refractivity contribution in [2.45, 2.75) is 6.92 Å². The largest absolute Gasteiger partial charge is 0.402 e. The molecule has 0 aromatic carbocycles. The predicted molar refractivity (Wildman–Crippen MR) is 40.4 cm³/mol. The molecular formula is C7H12N2. The second-order valence-electron chi connectivity index (χ2n) is 1.84. The standard InChI is InChI=1S/C7H12N2/c1-6(8)4-3-5-7(2)9/h3-5H,1,8-9H2,2H3/b4-3-,7-5+. The number of rotatable bonds is 2. The van der Waals surface area contributed by atoms with Crippen LogP contribution in [0.25, 0.3) is 0 Å². The van der Waals surface area contributed by atoms with E-state index in [4.69, 9.17) is 11.5 Å². The van der Waals surface area contributed by atoms with E-state index in [1.54, 1.807) is 18.2 Å². The minimum Gasteiger partial charge on any atom is -0.402 e. The zero-order valence-corrected chi connectivity index (χ0v) is 5.59. The highest BCUT2D eigenvalue weighted by Crippen LogP contribution is 1.84. The summed E-state index contributed by atoms with van der Waals surface area (Å²) in [7, 11) is 0. The van der Waals surface area contributed by atoms with Gasteiger partial charge in [-0.2, -0.15) is 0 Å². The molecule has 9 heavy (non-hydrogen) atoms. The van der Waals surface area contributed by atoms with E-state index in [9.17, 15) is 0 Å². The summed E-state index contributed by atoms with van der Waals surface area (Å²) in [5.41, 5.74) is 11.8. The van der Waals surface area contributed by atoms with Crippen molar-refractivity contribution in [3.8, 4) is 0 Å². The Morgan fingerprint density at radius 3 is 2.33 bits per heavy atom. The van der Waals surface area contributed by atoms with Gasteiger partial charge in [0.15, 0.2) is 0 Å². The fraction of sp³-hybridized carbons (Fsp3) is 0.143. The van der Waals surface area contributed by atoms with Crippen LogP contribution in [0.1, 0.15) is 6.92 Å². The van der Waals surface area contributed by atoms with Gasteiger partial charge in [-0.3, -0.25) is 0 Å². The minimum absolute atomic E-state index is 0.535. The Balaban J connectivity index is 3.74. The van der Waals surface area contributed by atoms with E-state index in [2.05, 4.69) is 6.58 Å². The summed E-state index contributed by atoms with van der Waals surface area (Å²) in [4.78, 5) is 0. The van der Waals surface area contributed by atoms with E-state index in [-0.39, 0.29) is 0 Å². The van der Waals surface area contributed by atoms with Gasteiger partial charge < -0.3 is 11.5 Å². The Labute approximate surface area is 55.5 Å². The van der Waals surface area contributed by atoms with Crippen molar-refractivity contribution >= 4 is 0 Å². The Hall–Kier alpha value is -1.18. The molecule has 0 aromatic rings. The first-order chi connectivity index (χ1) is 4.13. The molecule has 0 spiro atoms. The summed E-state index contributed by atoms with van der Waals surface area (Å²) >= 11 is 0. The van der Waals surface area contributed by atoms with Crippen molar-refractivity contribution in [1.29, 1.82) is 0 Å². The van der Waals surface area contributed by atoms with E-state index in [0.717, 1.165) is 5.70 Å². The van der Waals surface area contributed by atoms with Crippen molar-refractivity contribution in [3.05, 3.63) is 36.2 Å². The van der Waals surface area contributed by atoms with Crippen molar-refractivity contribution in [3.63, 3.8) is 0 Å². The van der Waals surface area contributed by atoms with E-state index in [1.165, 1.54) is 0 Å². The maximum absolute atomic E-state index is 5.32. The molecule has 0 fully saturated rings. The van der Waals surface area contributed by atoms with Crippen molar-refractivity contribution in [2.24, 2.45) is 11.5 Å². The van der Waals surface area contributed by atoms with Gasteiger partial charge in [-0.25, -0.2) is 0 Å². The van der Waals surface area contributed by atoms with E-state index in [0.29, 0.717) is 5.70 Å². The molecule has 50 valence electrons. The molecule has 4 N–H and O–H groups in total. The summed E-state index contributed by atoms with van der Waals surface area (Å²) in [6.07, 6.45) is 5.21. The summed E-state index contributed by atoms with van der Waals surface area (Å²) in [6, 6.07) is 0. The molecular weight excluding hydrogens is 112 g/mol. The zero-order valence-electron chi connectivity index (χ0n) is 5.59. The number of allylic oxidation sites excluding steroid dienone is 4. The van der Waals surface area contributed by atoms with Crippen LogP contribution in [0.3, 0.4) is 0 Å². The predicted octanol–water partition coefficient (Wildman–Crippen LogP) is 0.878. The van der Waals surface area contributed by atoms with Crippen LogP contribution in [-0.4, -0.2) is 0 Å². The number of nitrogens with two attached hydrogens (primary N) is 2. The van der Waals surface area contributed by atoms with Gasteiger partial charge in [0.25, 0.3) is 0 Å². The quantitative estimate of drug-likeness (QED) is 0.537. The van der Waals surface area contributed by atoms with Crippen molar-refractivity contribution in [1.82, 2.24) is 0 Å². The molecule has 0 aliphatic carbocycles. The molecule has 0 bridgehead atoms. The van der Waals surface area contributed by atoms with Crippen molar-refractivity contribution in [2.75, 3.05) is 0 Å². The van der Waals surface area contributed by atoms with Crippen LogP contribution < -0.4 is 11.5 Å². The number of hydrogen-bond donors (Lipinski definition) is 2. The Morgan fingerprint density at radius 2 is 2.00 bits per heavy atom. The third kappa shape index (κ3) is 6.82. The molecule has 0 heterocycles. The van der Waals surface area contributed by atoms with Crippen LogP contribution in [-0.2, 0) is 0 Å². The Bertz CT molecular complexity index is 150. The van der Waals surface area contributed by atoms with E-state index >= 15 is 0 Å². The molecule has 0 saturated carbocycles. The average Bonchev–Trinajstić information content (AvgIpc) is 1.63. The minimum atomic E-state index is 0.535. The molecule has 0 rings (SSSR count). The van der Waals surface area contributed by atoms with Crippen LogP contribution in [0, 0.1) is 0 Å². The molecule has 0 aliphatic heterocycles. The Kier molecular flexibility index (Phi) is 3.28. The van der Waals surface area contributed by atoms with Crippen molar-refractivity contribution < 1.29 is 0 Å². The first kappa shape index (κ1) is 7.82. The topological polar surface area (TPSA) is 52.0 Å². The van der Waals surface area contributed by atoms with Gasteiger partial charge in [0.2, 0.25) is 0 Å². The lowest BCUT2D eigenvalue weighted by Crippen LogP contribution is -1.90. The lowest BCUT2D eigenvalue weighted by Gasteiger charge is -1.84. The first-order valence-corrected chi connectivity index (χ1v) is 2.67. The van der Waals surface area contributed by atoms with Gasteiger partial charge in [0, 0.05) is 11.4 Å². The van der Waals surface area contributed by atoms with Crippen LogP contribution in [0.4, 0.5) is 0 Å². The molecule has 2 heteroatoms. The van der Waals surface area contributed by atoms with Gasteiger partial charge in [0.05, 0.1) is 0 Å². The second-order valence-corrected chi connectivity index (χ2v) is 1.84. The second kappa shape index (κ2) is 3.78. The lowest BCUT2D eigenvalue weighted by atomic mass is 10.4. The maximum atomic E-state index is 5.32. The SMILES string of the molecule is C=C(N)/C=C\C=C(/C)N. The lowest BCUT2D eigenvalue weighted by molar-refractivity contribution is 1.31. The van der Waals surface area contributed by atoms with Gasteiger partial charge in [-0.15, -0.1) is 0 Å². The molecule has 0 amide bonds. The molecule has 0 atom stereocenters. The normalized spacial score (nSPS) is 12.3. The Morgan fingerprint density at radius 1 is 1.44 bits per heavy atom. The highest BCUT2D eigenvalue weighted by Gasteiger charge is 1.71. The molecule has 0 saturated heterocycles. The first-order valence-electron chi connectivity index (χ1n) is 2.67. The highest BCUT2D eigenvalue weighted by molar-refractivity contribution is 5.17. The van der Waals surface area contributed by atoms with Crippen LogP contribution >= 0.6 is 0 Å². The fourth-order valence-electron chi connectivity index (χ4n) is 0.323. The van der Waals surface area contributed by atoms with Crippen LogP contribution in [0.2, 0.25) is 0 Å². The van der Waals surface area contributed by atoms with Crippen LogP contribution in [0.15, 0.2) is 36.2 Å².